The van der Waals surface area contributed by atoms with Crippen molar-refractivity contribution in [3.63, 3.8) is 0 Å². The van der Waals surface area contributed by atoms with Gasteiger partial charge in [-0.1, -0.05) is 11.6 Å². The van der Waals surface area contributed by atoms with E-state index in [2.05, 4.69) is 14.9 Å². The van der Waals surface area contributed by atoms with Crippen molar-refractivity contribution in [3.05, 3.63) is 16.4 Å². The molecule has 0 radical (unpaired) electrons. The highest BCUT2D eigenvalue weighted by molar-refractivity contribution is 6.30. The molecule has 3 heterocycles. The van der Waals surface area contributed by atoms with Gasteiger partial charge in [0.15, 0.2) is 0 Å². The molecule has 8 heteroatoms. The Bertz CT molecular complexity index is 627. The number of piperidine rings is 1. The van der Waals surface area contributed by atoms with Crippen molar-refractivity contribution >= 4 is 17.7 Å². The number of hydrogen-bond acceptors (Lipinski definition) is 5. The molecule has 1 amide bonds. The minimum atomic E-state index is -0.181. The van der Waals surface area contributed by atoms with E-state index in [-0.39, 0.29) is 6.09 Å². The zero-order valence-corrected chi connectivity index (χ0v) is 16.8. The highest BCUT2D eigenvalue weighted by Gasteiger charge is 2.30. The SMILES string of the molecule is CCOC(=O)N1CCN([C@H]2CCCN(Cc3c(C)nn(C)c3Cl)C2)CC1. The van der Waals surface area contributed by atoms with E-state index < -0.39 is 0 Å². The third-order valence-corrected chi connectivity index (χ3v) is 5.96. The lowest BCUT2D eigenvalue weighted by atomic mass is 10.0. The number of aromatic nitrogens is 2. The van der Waals surface area contributed by atoms with Crippen LogP contribution in [0.1, 0.15) is 31.0 Å². The Kier molecular flexibility index (Phi) is 6.42. The average molecular weight is 384 g/mol. The van der Waals surface area contributed by atoms with Gasteiger partial charge in [-0.2, -0.15) is 5.10 Å². The summed E-state index contributed by atoms with van der Waals surface area (Å²) in [6.45, 7) is 10.7. The number of hydrogen-bond donors (Lipinski definition) is 0. The van der Waals surface area contributed by atoms with Gasteiger partial charge in [0.05, 0.1) is 12.3 Å². The number of nitrogens with zero attached hydrogens (tertiary/aromatic N) is 5. The normalized spacial score (nSPS) is 22.6. The fourth-order valence-electron chi connectivity index (χ4n) is 4.03. The van der Waals surface area contributed by atoms with Crippen LogP contribution in [0.25, 0.3) is 0 Å². The maximum atomic E-state index is 11.9. The second kappa shape index (κ2) is 8.59. The highest BCUT2D eigenvalue weighted by atomic mass is 35.5. The number of carbonyl (C=O) groups is 1. The predicted octanol–water partition coefficient (Wildman–Crippen LogP) is 2.12. The van der Waals surface area contributed by atoms with Crippen LogP contribution in [-0.4, -0.2) is 82.5 Å². The molecule has 0 bridgehead atoms. The minimum absolute atomic E-state index is 0.181. The number of aryl methyl sites for hydroxylation is 2. The van der Waals surface area contributed by atoms with Crippen LogP contribution in [0, 0.1) is 6.92 Å². The van der Waals surface area contributed by atoms with Crippen molar-refractivity contribution < 1.29 is 9.53 Å². The maximum absolute atomic E-state index is 11.9. The first-order valence-electron chi connectivity index (χ1n) is 9.55. The van der Waals surface area contributed by atoms with Gasteiger partial charge in [-0.15, -0.1) is 0 Å². The quantitative estimate of drug-likeness (QED) is 0.797. The first-order valence-corrected chi connectivity index (χ1v) is 9.93. The van der Waals surface area contributed by atoms with Crippen LogP contribution in [0.15, 0.2) is 0 Å². The predicted molar refractivity (Wildman–Crippen MR) is 101 cm³/mol. The second-order valence-electron chi connectivity index (χ2n) is 7.23. The van der Waals surface area contributed by atoms with Crippen LogP contribution in [0.2, 0.25) is 5.15 Å². The molecule has 0 unspecified atom stereocenters. The molecule has 0 spiro atoms. The number of rotatable bonds is 4. The van der Waals surface area contributed by atoms with Crippen molar-refractivity contribution in [2.75, 3.05) is 45.9 Å². The first kappa shape index (κ1) is 19.5. The molecule has 1 aromatic heterocycles. The molecule has 2 aliphatic rings. The summed E-state index contributed by atoms with van der Waals surface area (Å²) >= 11 is 6.40. The van der Waals surface area contributed by atoms with Crippen LogP contribution >= 0.6 is 11.6 Å². The molecular formula is C18H30ClN5O2. The number of halogens is 1. The molecule has 1 aromatic rings. The summed E-state index contributed by atoms with van der Waals surface area (Å²) in [7, 11) is 1.89. The molecule has 0 saturated carbocycles. The van der Waals surface area contributed by atoms with E-state index >= 15 is 0 Å². The fraction of sp³-hybridized carbons (Fsp3) is 0.778. The van der Waals surface area contributed by atoms with Crippen molar-refractivity contribution in [2.24, 2.45) is 7.05 Å². The maximum Gasteiger partial charge on any atom is 0.409 e. The summed E-state index contributed by atoms with van der Waals surface area (Å²) in [5.74, 6) is 0. The monoisotopic (exact) mass is 383 g/mol. The first-order chi connectivity index (χ1) is 12.5. The van der Waals surface area contributed by atoms with Crippen LogP contribution < -0.4 is 0 Å². The van der Waals surface area contributed by atoms with E-state index in [1.807, 2.05) is 25.8 Å². The summed E-state index contributed by atoms with van der Waals surface area (Å²) < 4.78 is 6.86. The molecule has 3 rings (SSSR count). The van der Waals surface area contributed by atoms with E-state index in [0.29, 0.717) is 12.6 Å². The third-order valence-electron chi connectivity index (χ3n) is 5.49. The van der Waals surface area contributed by atoms with E-state index in [9.17, 15) is 4.79 Å². The summed E-state index contributed by atoms with van der Waals surface area (Å²) in [6.07, 6.45) is 2.23. The van der Waals surface area contributed by atoms with E-state index in [1.54, 1.807) is 4.68 Å². The molecular weight excluding hydrogens is 354 g/mol. The van der Waals surface area contributed by atoms with E-state index in [1.165, 1.54) is 12.8 Å². The molecule has 2 fully saturated rings. The molecule has 146 valence electrons. The van der Waals surface area contributed by atoms with Crippen molar-refractivity contribution in [2.45, 2.75) is 39.3 Å². The molecule has 2 saturated heterocycles. The number of likely N-dealkylation sites (tertiary alicyclic amines) is 1. The van der Waals surface area contributed by atoms with Crippen molar-refractivity contribution in [3.8, 4) is 0 Å². The molecule has 7 nitrogen and oxygen atoms in total. The van der Waals surface area contributed by atoms with E-state index in [4.69, 9.17) is 16.3 Å². The van der Waals surface area contributed by atoms with E-state index in [0.717, 1.165) is 62.2 Å². The summed E-state index contributed by atoms with van der Waals surface area (Å²) in [5, 5.41) is 5.17. The minimum Gasteiger partial charge on any atom is -0.450 e. The van der Waals surface area contributed by atoms with Crippen LogP contribution in [0.3, 0.4) is 0 Å². The summed E-state index contributed by atoms with van der Waals surface area (Å²) in [5.41, 5.74) is 2.16. The fourth-order valence-corrected chi connectivity index (χ4v) is 4.27. The van der Waals surface area contributed by atoms with Gasteiger partial charge in [0.2, 0.25) is 0 Å². The topological polar surface area (TPSA) is 53.8 Å². The van der Waals surface area contributed by atoms with Gasteiger partial charge >= 0.3 is 6.09 Å². The van der Waals surface area contributed by atoms with Crippen molar-refractivity contribution in [1.29, 1.82) is 0 Å². The third kappa shape index (κ3) is 4.32. The summed E-state index contributed by atoms with van der Waals surface area (Å²) in [4.78, 5) is 18.7. The van der Waals surface area contributed by atoms with Gasteiger partial charge < -0.3 is 9.64 Å². The van der Waals surface area contributed by atoms with Crippen LogP contribution in [0.4, 0.5) is 4.79 Å². The Hall–Kier alpha value is -1.31. The van der Waals surface area contributed by atoms with Crippen molar-refractivity contribution in [1.82, 2.24) is 24.5 Å². The van der Waals surface area contributed by atoms with Gasteiger partial charge in [-0.3, -0.25) is 14.5 Å². The lowest BCUT2D eigenvalue weighted by Gasteiger charge is -2.43. The largest absolute Gasteiger partial charge is 0.450 e. The highest BCUT2D eigenvalue weighted by Crippen LogP contribution is 2.24. The lowest BCUT2D eigenvalue weighted by molar-refractivity contribution is 0.0412. The lowest BCUT2D eigenvalue weighted by Crippen LogP contribution is -2.55. The molecule has 2 aliphatic heterocycles. The Morgan fingerprint density at radius 3 is 2.62 bits per heavy atom. The smallest absolute Gasteiger partial charge is 0.409 e. The Labute approximate surface area is 160 Å². The molecule has 0 aliphatic carbocycles. The standard InChI is InChI=1S/C18H30ClN5O2/c1-4-26-18(25)24-10-8-23(9-11-24)15-6-5-7-22(12-15)13-16-14(2)20-21(3)17(16)19/h15H,4-13H2,1-3H3/t15-/m0/s1. The van der Waals surface area contributed by atoms with Gasteiger partial charge in [0.25, 0.3) is 0 Å². The van der Waals surface area contributed by atoms with Gasteiger partial charge in [-0.05, 0) is 33.2 Å². The van der Waals surface area contributed by atoms with Gasteiger partial charge in [-0.25, -0.2) is 4.79 Å². The molecule has 26 heavy (non-hydrogen) atoms. The van der Waals surface area contributed by atoms with Gasteiger partial charge in [0.1, 0.15) is 5.15 Å². The Balaban J connectivity index is 1.53. The molecule has 0 N–H and O–H groups in total. The Morgan fingerprint density at radius 1 is 1.27 bits per heavy atom. The molecule has 0 aromatic carbocycles. The second-order valence-corrected chi connectivity index (χ2v) is 7.59. The van der Waals surface area contributed by atoms with Gasteiger partial charge in [0, 0.05) is 57.9 Å². The van der Waals surface area contributed by atoms with Crippen LogP contribution in [0.5, 0.6) is 0 Å². The number of carbonyl (C=O) groups excluding carboxylic acids is 1. The number of piperazine rings is 1. The van der Waals surface area contributed by atoms with Crippen LogP contribution in [-0.2, 0) is 18.3 Å². The number of amides is 1. The summed E-state index contributed by atoms with van der Waals surface area (Å²) in [6, 6.07) is 0.545. The Morgan fingerprint density at radius 2 is 2.00 bits per heavy atom. The number of ether oxygens (including phenoxy) is 1. The average Bonchev–Trinajstić information content (AvgIpc) is 2.88. The zero-order chi connectivity index (χ0) is 18.7. The zero-order valence-electron chi connectivity index (χ0n) is 16.1. The molecule has 1 atom stereocenters.